The van der Waals surface area contributed by atoms with Crippen molar-refractivity contribution in [2.75, 3.05) is 26.4 Å². The average Bonchev–Trinajstić information content (AvgIpc) is 3.17. The SMILES string of the molecule is CC/C=C/C/C=C/C/C=C/C/C=C/CCCCC(=O)O[C@H](COC(=O)CCCCCC/C=C/C/C=C/C/C=C/CCCCC)COP(=O)(O)OC[C@@H](O)CO. The van der Waals surface area contributed by atoms with Crippen LogP contribution in [-0.4, -0.2) is 65.7 Å². The van der Waals surface area contributed by atoms with E-state index in [9.17, 15) is 24.2 Å². The van der Waals surface area contributed by atoms with Gasteiger partial charge in [-0.25, -0.2) is 4.57 Å². The highest BCUT2D eigenvalue weighted by Crippen LogP contribution is 2.43. The summed E-state index contributed by atoms with van der Waals surface area (Å²) in [6.45, 7) is 2.13. The molecule has 0 aromatic carbocycles. The van der Waals surface area contributed by atoms with E-state index in [-0.39, 0.29) is 19.4 Å². The Hall–Kier alpha value is -2.85. The van der Waals surface area contributed by atoms with Gasteiger partial charge in [-0.15, -0.1) is 0 Å². The zero-order valence-corrected chi connectivity index (χ0v) is 34.7. The van der Waals surface area contributed by atoms with E-state index in [4.69, 9.17) is 19.1 Å². The lowest BCUT2D eigenvalue weighted by atomic mass is 10.1. The molecule has 0 aliphatic heterocycles. The number of aliphatic hydroxyl groups excluding tert-OH is 2. The molecule has 0 rings (SSSR count). The number of rotatable bonds is 37. The second-order valence-electron chi connectivity index (χ2n) is 13.3. The maximum absolute atomic E-state index is 12.6. The molecule has 11 heteroatoms. The number of ether oxygens (including phenoxy) is 2. The summed E-state index contributed by atoms with van der Waals surface area (Å²) in [6.07, 6.45) is 45.5. The average molecular weight is 793 g/mol. The maximum atomic E-state index is 12.6. The van der Waals surface area contributed by atoms with Crippen molar-refractivity contribution in [2.45, 2.75) is 154 Å². The number of aliphatic hydroxyl groups is 2. The fourth-order valence-electron chi connectivity index (χ4n) is 4.87. The van der Waals surface area contributed by atoms with Gasteiger partial charge in [-0.05, 0) is 89.9 Å². The minimum Gasteiger partial charge on any atom is -0.462 e. The van der Waals surface area contributed by atoms with Gasteiger partial charge in [-0.3, -0.25) is 18.6 Å². The fourth-order valence-corrected chi connectivity index (χ4v) is 5.66. The van der Waals surface area contributed by atoms with Crippen LogP contribution in [-0.2, 0) is 32.7 Å². The number of esters is 2. The Morgan fingerprint density at radius 3 is 1.53 bits per heavy atom. The first-order valence-corrected chi connectivity index (χ1v) is 22.0. The van der Waals surface area contributed by atoms with Gasteiger partial charge < -0.3 is 24.6 Å². The first-order valence-electron chi connectivity index (χ1n) is 20.5. The van der Waals surface area contributed by atoms with Gasteiger partial charge in [0.1, 0.15) is 12.7 Å². The molecule has 3 N–H and O–H groups in total. The molecule has 0 saturated heterocycles. The van der Waals surface area contributed by atoms with Crippen LogP contribution in [0.25, 0.3) is 0 Å². The molecule has 10 nitrogen and oxygen atoms in total. The van der Waals surface area contributed by atoms with Crippen molar-refractivity contribution in [3.63, 3.8) is 0 Å². The number of unbranched alkanes of at least 4 members (excludes halogenated alkanes) is 9. The summed E-state index contributed by atoms with van der Waals surface area (Å²) >= 11 is 0. The molecule has 55 heavy (non-hydrogen) atoms. The number of carbonyl (C=O) groups excluding carboxylic acids is 2. The molecule has 0 radical (unpaired) electrons. The summed E-state index contributed by atoms with van der Waals surface area (Å²) in [7, 11) is -4.64. The van der Waals surface area contributed by atoms with E-state index in [1.165, 1.54) is 25.7 Å². The molecular formula is C44H73O10P. The summed E-state index contributed by atoms with van der Waals surface area (Å²) in [5.74, 6) is -1.01. The highest BCUT2D eigenvalue weighted by molar-refractivity contribution is 7.47. The molecule has 0 bridgehead atoms. The van der Waals surface area contributed by atoms with E-state index in [2.05, 4.69) is 103 Å². The number of hydrogen-bond donors (Lipinski definition) is 3. The minimum atomic E-state index is -4.64. The van der Waals surface area contributed by atoms with Gasteiger partial charge in [-0.2, -0.15) is 0 Å². The third-order valence-corrected chi connectivity index (χ3v) is 8.98. The predicted octanol–water partition coefficient (Wildman–Crippen LogP) is 10.7. The molecule has 0 spiro atoms. The summed E-state index contributed by atoms with van der Waals surface area (Å²) in [5, 5.41) is 18.3. The summed E-state index contributed by atoms with van der Waals surface area (Å²) in [6, 6.07) is 0. The lowest BCUT2D eigenvalue weighted by molar-refractivity contribution is -0.161. The number of carbonyl (C=O) groups is 2. The molecule has 0 saturated carbocycles. The Morgan fingerprint density at radius 1 is 0.564 bits per heavy atom. The predicted molar refractivity (Wildman–Crippen MR) is 223 cm³/mol. The zero-order chi connectivity index (χ0) is 40.5. The van der Waals surface area contributed by atoms with E-state index in [0.717, 1.165) is 77.0 Å². The van der Waals surface area contributed by atoms with Crippen LogP contribution in [0, 0.1) is 0 Å². The second-order valence-corrected chi connectivity index (χ2v) is 14.7. The van der Waals surface area contributed by atoms with Crippen LogP contribution >= 0.6 is 7.82 Å². The molecule has 0 aromatic heterocycles. The first kappa shape index (κ1) is 52.2. The van der Waals surface area contributed by atoms with Gasteiger partial charge >= 0.3 is 19.8 Å². The van der Waals surface area contributed by atoms with Crippen molar-refractivity contribution in [3.05, 3.63) is 85.1 Å². The van der Waals surface area contributed by atoms with Gasteiger partial charge in [0.25, 0.3) is 0 Å². The van der Waals surface area contributed by atoms with Crippen molar-refractivity contribution in [3.8, 4) is 0 Å². The van der Waals surface area contributed by atoms with Crippen molar-refractivity contribution >= 4 is 19.8 Å². The van der Waals surface area contributed by atoms with Crippen LogP contribution in [0.2, 0.25) is 0 Å². The van der Waals surface area contributed by atoms with E-state index >= 15 is 0 Å². The van der Waals surface area contributed by atoms with Gasteiger partial charge in [0.05, 0.1) is 19.8 Å². The van der Waals surface area contributed by atoms with Crippen LogP contribution in [0.3, 0.4) is 0 Å². The smallest absolute Gasteiger partial charge is 0.462 e. The molecule has 1 unspecified atom stereocenters. The Morgan fingerprint density at radius 2 is 1.00 bits per heavy atom. The standard InChI is InChI=1S/C44H73O10P/c1-3-5-7-9-11-13-15-17-19-20-22-23-25-27-29-31-33-35-43(47)51-39-42(40-53-55(49,50)52-38-41(46)37-45)54-44(48)36-34-32-30-28-26-24-21-18-16-14-12-10-8-6-4-2/h6,8,11-14,17-19,21-23,26,28,41-42,45-46H,3-5,7,9-10,15-16,20,24-25,27,29-40H2,1-2H3,(H,49,50)/b8-6+,13-11+,14-12+,19-17+,21-18+,23-22+,28-26+/t41-,42+/m0/s1. The molecule has 0 heterocycles. The quantitative estimate of drug-likeness (QED) is 0.0240. The van der Waals surface area contributed by atoms with E-state index in [0.29, 0.717) is 12.8 Å². The Bertz CT molecular complexity index is 1190. The molecule has 314 valence electrons. The van der Waals surface area contributed by atoms with Crippen molar-refractivity contribution < 1.29 is 47.8 Å². The van der Waals surface area contributed by atoms with Crippen molar-refractivity contribution in [1.29, 1.82) is 0 Å². The summed E-state index contributed by atoms with van der Waals surface area (Å²) in [4.78, 5) is 34.9. The Balaban J connectivity index is 4.46. The number of phosphoric acid groups is 1. The zero-order valence-electron chi connectivity index (χ0n) is 33.9. The third kappa shape index (κ3) is 39.2. The van der Waals surface area contributed by atoms with Crippen molar-refractivity contribution in [1.82, 2.24) is 0 Å². The van der Waals surface area contributed by atoms with E-state index in [1.807, 2.05) is 0 Å². The van der Waals surface area contributed by atoms with Gasteiger partial charge in [0.2, 0.25) is 0 Å². The van der Waals surface area contributed by atoms with E-state index in [1.54, 1.807) is 0 Å². The monoisotopic (exact) mass is 792 g/mol. The van der Waals surface area contributed by atoms with Crippen LogP contribution in [0.4, 0.5) is 0 Å². The summed E-state index contributed by atoms with van der Waals surface area (Å²) < 4.78 is 32.6. The molecule has 0 amide bonds. The Kier molecular flexibility index (Phi) is 37.3. The molecule has 0 aliphatic carbocycles. The maximum Gasteiger partial charge on any atom is 0.472 e. The fraction of sp³-hybridized carbons (Fsp3) is 0.636. The summed E-state index contributed by atoms with van der Waals surface area (Å²) in [5.41, 5.74) is 0. The number of phosphoric ester groups is 1. The molecule has 0 fully saturated rings. The molecule has 3 atom stereocenters. The molecular weight excluding hydrogens is 719 g/mol. The second kappa shape index (κ2) is 39.4. The lowest BCUT2D eigenvalue weighted by Crippen LogP contribution is -2.29. The number of allylic oxidation sites excluding steroid dienone is 14. The molecule has 0 aromatic rings. The van der Waals surface area contributed by atoms with Gasteiger partial charge in [0, 0.05) is 12.8 Å². The normalized spacial score (nSPS) is 14.8. The third-order valence-electron chi connectivity index (χ3n) is 8.03. The van der Waals surface area contributed by atoms with Crippen LogP contribution in [0.15, 0.2) is 85.1 Å². The van der Waals surface area contributed by atoms with Crippen molar-refractivity contribution in [2.24, 2.45) is 0 Å². The molecule has 0 aliphatic rings. The van der Waals surface area contributed by atoms with E-state index < -0.39 is 51.8 Å². The van der Waals surface area contributed by atoms with Crippen LogP contribution in [0.5, 0.6) is 0 Å². The minimum absolute atomic E-state index is 0.122. The lowest BCUT2D eigenvalue weighted by Gasteiger charge is -2.20. The highest BCUT2D eigenvalue weighted by atomic mass is 31.2. The number of hydrogen-bond acceptors (Lipinski definition) is 9. The van der Waals surface area contributed by atoms with Gasteiger partial charge in [0.15, 0.2) is 6.10 Å². The topological polar surface area (TPSA) is 149 Å². The van der Waals surface area contributed by atoms with Gasteiger partial charge in [-0.1, -0.05) is 125 Å². The first-order chi connectivity index (χ1) is 26.7. The largest absolute Gasteiger partial charge is 0.472 e. The Labute approximate surface area is 332 Å². The van der Waals surface area contributed by atoms with Crippen LogP contribution < -0.4 is 0 Å². The van der Waals surface area contributed by atoms with Crippen LogP contribution in [0.1, 0.15) is 142 Å². The highest BCUT2D eigenvalue weighted by Gasteiger charge is 2.27.